The Bertz CT molecular complexity index is 1740. The Hall–Kier alpha value is -1.95. The topological polar surface area (TPSA) is 244 Å². The third-order valence-corrected chi connectivity index (χ3v) is 15.5. The van der Waals surface area contributed by atoms with Gasteiger partial charge in [-0.3, -0.25) is 4.79 Å². The number of ether oxygens (including phenoxy) is 10. The van der Waals surface area contributed by atoms with Crippen molar-refractivity contribution in [3.8, 4) is 0 Å². The number of methoxy groups -OCH3 is 2. The van der Waals surface area contributed by atoms with Gasteiger partial charge in [-0.15, -0.1) is 0 Å². The van der Waals surface area contributed by atoms with Gasteiger partial charge in [0.1, 0.15) is 54.3 Å². The van der Waals surface area contributed by atoms with E-state index in [1.807, 2.05) is 19.9 Å². The molecule has 0 spiro atoms. The molecule has 6 N–H and O–H groups in total. The van der Waals surface area contributed by atoms with Crippen LogP contribution in [0.15, 0.2) is 28.4 Å². The van der Waals surface area contributed by atoms with Crippen molar-refractivity contribution in [2.75, 3.05) is 20.8 Å². The van der Waals surface area contributed by atoms with Crippen molar-refractivity contribution in [1.29, 1.82) is 0 Å². The minimum absolute atomic E-state index is 0.0886. The number of rotatable bonds is 12. The Kier molecular flexibility index (Phi) is 15.1. The van der Waals surface area contributed by atoms with Crippen LogP contribution in [0.1, 0.15) is 96.3 Å². The van der Waals surface area contributed by atoms with Gasteiger partial charge in [0.25, 0.3) is 0 Å². The second-order valence-electron chi connectivity index (χ2n) is 19.3. The molecular formula is C46H70O18. The number of fused-ring (bicyclic) bond motifs is 3. The van der Waals surface area contributed by atoms with Gasteiger partial charge in [0.05, 0.1) is 61.7 Å². The van der Waals surface area contributed by atoms with Crippen molar-refractivity contribution >= 4 is 5.78 Å². The van der Waals surface area contributed by atoms with Gasteiger partial charge >= 0.3 is 0 Å². The van der Waals surface area contributed by atoms with Crippen LogP contribution >= 0.6 is 0 Å². The van der Waals surface area contributed by atoms with Gasteiger partial charge in [0, 0.05) is 50.9 Å². The maximum atomic E-state index is 13.9. The number of hydrogen-bond donors (Lipinski definition) is 6. The average molecular weight is 911 g/mol. The molecule has 8 rings (SSSR count). The smallest absolute Gasteiger partial charge is 0.187 e. The van der Waals surface area contributed by atoms with Crippen LogP contribution in [0.2, 0.25) is 0 Å². The molecule has 64 heavy (non-hydrogen) atoms. The maximum absolute atomic E-state index is 13.9. The van der Waals surface area contributed by atoms with E-state index < -0.39 is 123 Å². The molecule has 7 aliphatic rings. The zero-order valence-electron chi connectivity index (χ0n) is 37.9. The van der Waals surface area contributed by atoms with Crippen LogP contribution in [0.4, 0.5) is 0 Å². The monoisotopic (exact) mass is 910 g/mol. The van der Waals surface area contributed by atoms with Crippen molar-refractivity contribution in [3.63, 3.8) is 0 Å². The molecule has 4 saturated heterocycles. The summed E-state index contributed by atoms with van der Waals surface area (Å²) in [6.07, 6.45) is -8.82. The first-order chi connectivity index (χ1) is 30.5. The highest BCUT2D eigenvalue weighted by molar-refractivity contribution is 5.89. The molecule has 4 aliphatic heterocycles. The Morgan fingerprint density at radius 1 is 0.734 bits per heavy atom. The highest BCUT2D eigenvalue weighted by Gasteiger charge is 2.55. The summed E-state index contributed by atoms with van der Waals surface area (Å²) in [5.74, 6) is 1.00. The van der Waals surface area contributed by atoms with Crippen LogP contribution in [-0.4, -0.2) is 174 Å². The lowest BCUT2D eigenvalue weighted by atomic mass is 9.51. The Morgan fingerprint density at radius 3 is 1.95 bits per heavy atom. The standard InChI is InChI=1S/C46H70O18/c1-20-25(12-13-56-20)26-10-11-28-27(38(26)50)9-8-24-14-31(30(49)18-46(24,28)5)60-36-16-32(54-6)43(22(3)58-36)63-35-15-29(48)42(21(2)57-35)62-37-17-33(55-7)44(23(4)59-37)64-45-41(53)40(52)39(51)34(19-47)61-45/h8,12-13,21-23,26-37,39-45,47-49,51-53H,9-11,14-19H2,1-7H3/t21-,22-,23+,26+,27-,28+,29+,30-,31-,32+,33-,34-,35+,36+,37+,39-,40+,41-,42-,43-,44+,45+,46+/m1/s1. The Labute approximate surface area is 374 Å². The fourth-order valence-corrected chi connectivity index (χ4v) is 11.9. The summed E-state index contributed by atoms with van der Waals surface area (Å²) in [7, 11) is 3.09. The van der Waals surface area contributed by atoms with E-state index in [2.05, 4.69) is 13.0 Å². The largest absolute Gasteiger partial charge is 0.469 e. The predicted octanol–water partition coefficient (Wildman–Crippen LogP) is 1.89. The number of Topliss-reactive ketones (excluding diaryl/α,β-unsaturated/α-hetero) is 1. The number of allylic oxidation sites excluding steroid dienone is 1. The van der Waals surface area contributed by atoms with Gasteiger partial charge < -0.3 is 82.4 Å². The van der Waals surface area contributed by atoms with Crippen molar-refractivity contribution in [2.45, 2.75) is 209 Å². The highest BCUT2D eigenvalue weighted by atomic mass is 16.8. The summed E-state index contributed by atoms with van der Waals surface area (Å²) in [6, 6.07) is 1.93. The molecule has 18 heteroatoms. The van der Waals surface area contributed by atoms with Gasteiger partial charge in [0.2, 0.25) is 0 Å². The first-order valence-corrected chi connectivity index (χ1v) is 23.1. The van der Waals surface area contributed by atoms with E-state index in [9.17, 15) is 35.4 Å². The number of carbonyl (C=O) groups excluding carboxylic acids is 1. The molecule has 1 aromatic heterocycles. The van der Waals surface area contributed by atoms with Crippen LogP contribution in [0.3, 0.4) is 0 Å². The third-order valence-electron chi connectivity index (χ3n) is 15.5. The normalized spacial score (nSPS) is 48.9. The SMILES string of the molecule is CO[C@H]1C[C@H](O[C@@H]2CC3=CC[C@H]4C(=O)[C@H](c5ccoc5C)CC[C@@H]4[C@@]3(C)C[C@H]2O)O[C@H](C)[C@H]1O[C@H]1C[C@H](O)[C@H](O[C@H]2C[C@@H](OC)[C@@H](O[C@@H]3O[C@H](CO)[C@@H](O)[C@H](O)[C@H]3O)[C@H](C)O2)[C@@H](C)O1. The number of aliphatic hydroxyl groups excluding tert-OH is 6. The quantitative estimate of drug-likeness (QED) is 0.164. The van der Waals surface area contributed by atoms with Gasteiger partial charge in [-0.25, -0.2) is 0 Å². The molecule has 18 nitrogen and oxygen atoms in total. The molecule has 0 amide bonds. The fourth-order valence-electron chi connectivity index (χ4n) is 11.9. The minimum Gasteiger partial charge on any atom is -0.469 e. The van der Waals surface area contributed by atoms with Crippen molar-refractivity contribution in [1.82, 2.24) is 0 Å². The van der Waals surface area contributed by atoms with E-state index >= 15 is 0 Å². The summed E-state index contributed by atoms with van der Waals surface area (Å²) in [6.45, 7) is 8.91. The van der Waals surface area contributed by atoms with Crippen LogP contribution < -0.4 is 0 Å². The summed E-state index contributed by atoms with van der Waals surface area (Å²) >= 11 is 0. The molecule has 0 radical (unpaired) electrons. The first-order valence-electron chi connectivity index (χ1n) is 23.1. The van der Waals surface area contributed by atoms with E-state index in [-0.39, 0.29) is 41.8 Å². The van der Waals surface area contributed by atoms with Crippen LogP contribution in [0, 0.1) is 24.2 Å². The number of aliphatic hydroxyl groups is 6. The highest BCUT2D eigenvalue weighted by Crippen LogP contribution is 2.58. The van der Waals surface area contributed by atoms with Gasteiger partial charge in [-0.2, -0.15) is 0 Å². The lowest BCUT2D eigenvalue weighted by molar-refractivity contribution is -0.356. The van der Waals surface area contributed by atoms with E-state index in [1.54, 1.807) is 27.2 Å². The maximum Gasteiger partial charge on any atom is 0.187 e. The number of hydrogen-bond acceptors (Lipinski definition) is 18. The fraction of sp³-hybridized carbons (Fsp3) is 0.848. The minimum atomic E-state index is -1.60. The summed E-state index contributed by atoms with van der Waals surface area (Å²) < 4.78 is 66.8. The predicted molar refractivity (Wildman–Crippen MR) is 221 cm³/mol. The summed E-state index contributed by atoms with van der Waals surface area (Å²) in [5, 5.41) is 63.5. The molecule has 0 bridgehead atoms. The van der Waals surface area contributed by atoms with Gasteiger partial charge in [-0.1, -0.05) is 18.6 Å². The van der Waals surface area contributed by atoms with Gasteiger partial charge in [0.15, 0.2) is 25.2 Å². The van der Waals surface area contributed by atoms with Crippen molar-refractivity contribution < 1.29 is 87.2 Å². The zero-order chi connectivity index (χ0) is 45.8. The lowest BCUT2D eigenvalue weighted by Gasteiger charge is -2.54. The van der Waals surface area contributed by atoms with E-state index in [4.69, 9.17) is 51.8 Å². The van der Waals surface area contributed by atoms with Gasteiger partial charge in [-0.05, 0) is 77.2 Å². The second-order valence-corrected chi connectivity index (χ2v) is 19.3. The molecule has 6 fully saturated rings. The Balaban J connectivity index is 0.823. The van der Waals surface area contributed by atoms with Crippen molar-refractivity contribution in [3.05, 3.63) is 35.3 Å². The first kappa shape index (κ1) is 48.5. The summed E-state index contributed by atoms with van der Waals surface area (Å²) in [5.41, 5.74) is 1.93. The molecule has 362 valence electrons. The van der Waals surface area contributed by atoms with E-state index in [1.165, 1.54) is 12.7 Å². The number of furan rings is 1. The number of aryl methyl sites for hydroxylation is 1. The van der Waals surface area contributed by atoms with Crippen molar-refractivity contribution in [2.24, 2.45) is 17.3 Å². The molecule has 0 aromatic carbocycles. The molecule has 1 aromatic rings. The number of carbonyl (C=O) groups is 1. The molecule has 0 unspecified atom stereocenters. The second kappa shape index (κ2) is 19.9. The third kappa shape index (κ3) is 9.43. The summed E-state index contributed by atoms with van der Waals surface area (Å²) in [4.78, 5) is 13.9. The molecule has 2 saturated carbocycles. The van der Waals surface area contributed by atoms with E-state index in [0.717, 1.165) is 24.2 Å². The lowest BCUT2D eigenvalue weighted by Crippen LogP contribution is -2.62. The molecular weight excluding hydrogens is 840 g/mol. The Morgan fingerprint density at radius 2 is 1.34 bits per heavy atom. The van der Waals surface area contributed by atoms with Crippen LogP contribution in [-0.2, 0) is 52.2 Å². The van der Waals surface area contributed by atoms with Crippen LogP contribution in [0.25, 0.3) is 0 Å². The molecule has 23 atom stereocenters. The number of ketones is 1. The zero-order valence-corrected chi connectivity index (χ0v) is 37.9. The molecule has 5 heterocycles. The average Bonchev–Trinajstić information content (AvgIpc) is 3.69. The molecule has 3 aliphatic carbocycles. The van der Waals surface area contributed by atoms with Crippen LogP contribution in [0.5, 0.6) is 0 Å². The van der Waals surface area contributed by atoms with E-state index in [0.29, 0.717) is 25.7 Å².